The van der Waals surface area contributed by atoms with Crippen molar-refractivity contribution >= 4 is 35.2 Å². The zero-order valence-electron chi connectivity index (χ0n) is 16.6. The number of carbonyl (C=O) groups is 3. The standard InChI is InChI=1S/C22H22ClN3O4/c1-14-13-30-22(29)26(14)19-7-4-17(12-24-19)21(28)25-10-8-16(9-11-25)20(27)15-2-5-18(23)6-3-15/h2-7,12,14,16H,8-11,13H2,1H3. The van der Waals surface area contributed by atoms with Crippen molar-refractivity contribution in [3.05, 3.63) is 58.7 Å². The molecular weight excluding hydrogens is 406 g/mol. The number of pyridine rings is 1. The Morgan fingerprint density at radius 1 is 1.07 bits per heavy atom. The van der Waals surface area contributed by atoms with Crippen molar-refractivity contribution in [2.75, 3.05) is 24.6 Å². The zero-order chi connectivity index (χ0) is 21.3. The number of rotatable bonds is 4. The summed E-state index contributed by atoms with van der Waals surface area (Å²) in [7, 11) is 0. The van der Waals surface area contributed by atoms with Crippen LogP contribution in [0, 0.1) is 5.92 Å². The lowest BCUT2D eigenvalue weighted by molar-refractivity contribution is 0.0650. The Morgan fingerprint density at radius 2 is 1.73 bits per heavy atom. The van der Waals surface area contributed by atoms with Crippen LogP contribution in [0.1, 0.15) is 40.5 Å². The highest BCUT2D eigenvalue weighted by molar-refractivity contribution is 6.30. The lowest BCUT2D eigenvalue weighted by Crippen LogP contribution is -2.40. The highest BCUT2D eigenvalue weighted by Crippen LogP contribution is 2.25. The summed E-state index contributed by atoms with van der Waals surface area (Å²) >= 11 is 5.89. The number of amides is 2. The molecule has 156 valence electrons. The number of carbonyl (C=O) groups excluding carboxylic acids is 3. The van der Waals surface area contributed by atoms with Gasteiger partial charge in [0.1, 0.15) is 12.4 Å². The van der Waals surface area contributed by atoms with Gasteiger partial charge in [-0.15, -0.1) is 0 Å². The molecular formula is C22H22ClN3O4. The largest absolute Gasteiger partial charge is 0.447 e. The van der Waals surface area contributed by atoms with E-state index in [0.29, 0.717) is 54.5 Å². The molecule has 7 nitrogen and oxygen atoms in total. The summed E-state index contributed by atoms with van der Waals surface area (Å²) in [6.07, 6.45) is 2.30. The minimum Gasteiger partial charge on any atom is -0.447 e. The second-order valence-electron chi connectivity index (χ2n) is 7.64. The smallest absolute Gasteiger partial charge is 0.415 e. The number of benzene rings is 1. The molecule has 8 heteroatoms. The fraction of sp³-hybridized carbons (Fsp3) is 0.364. The minimum absolute atomic E-state index is 0.0937. The van der Waals surface area contributed by atoms with Gasteiger partial charge in [-0.1, -0.05) is 11.6 Å². The Kier molecular flexibility index (Phi) is 5.72. The first-order valence-electron chi connectivity index (χ1n) is 9.95. The maximum atomic E-state index is 12.8. The molecule has 0 radical (unpaired) electrons. The van der Waals surface area contributed by atoms with Crippen LogP contribution in [-0.4, -0.2) is 53.4 Å². The number of ether oxygens (including phenoxy) is 1. The number of anilines is 1. The Morgan fingerprint density at radius 3 is 2.30 bits per heavy atom. The lowest BCUT2D eigenvalue weighted by atomic mass is 9.88. The Hall–Kier alpha value is -2.93. The van der Waals surface area contributed by atoms with E-state index in [-0.39, 0.29) is 23.7 Å². The van der Waals surface area contributed by atoms with Crippen LogP contribution in [0.2, 0.25) is 5.02 Å². The first kappa shape index (κ1) is 20.3. The number of ketones is 1. The third-order valence-electron chi connectivity index (χ3n) is 5.61. The van der Waals surface area contributed by atoms with Crippen molar-refractivity contribution in [1.82, 2.24) is 9.88 Å². The van der Waals surface area contributed by atoms with E-state index >= 15 is 0 Å². The van der Waals surface area contributed by atoms with Crippen molar-refractivity contribution < 1.29 is 19.1 Å². The highest BCUT2D eigenvalue weighted by atomic mass is 35.5. The van der Waals surface area contributed by atoms with Gasteiger partial charge in [-0.25, -0.2) is 9.78 Å². The van der Waals surface area contributed by atoms with Gasteiger partial charge in [0.25, 0.3) is 5.91 Å². The fourth-order valence-corrected chi connectivity index (χ4v) is 3.99. The summed E-state index contributed by atoms with van der Waals surface area (Å²) in [6.45, 7) is 3.23. The molecule has 0 aliphatic carbocycles. The van der Waals surface area contributed by atoms with E-state index in [9.17, 15) is 14.4 Å². The number of aromatic nitrogens is 1. The number of hydrogen-bond acceptors (Lipinski definition) is 5. The third-order valence-corrected chi connectivity index (χ3v) is 5.86. The number of halogens is 1. The van der Waals surface area contributed by atoms with Crippen molar-refractivity contribution in [1.29, 1.82) is 0 Å². The molecule has 2 saturated heterocycles. The van der Waals surface area contributed by atoms with Gasteiger partial charge in [-0.3, -0.25) is 14.5 Å². The van der Waals surface area contributed by atoms with Crippen LogP contribution < -0.4 is 4.90 Å². The first-order chi connectivity index (χ1) is 14.4. The first-order valence-corrected chi connectivity index (χ1v) is 10.3. The summed E-state index contributed by atoms with van der Waals surface area (Å²) in [6, 6.07) is 10.2. The van der Waals surface area contributed by atoms with Crippen molar-refractivity contribution in [3.63, 3.8) is 0 Å². The van der Waals surface area contributed by atoms with Crippen LogP contribution in [0.15, 0.2) is 42.6 Å². The van der Waals surface area contributed by atoms with Gasteiger partial charge >= 0.3 is 6.09 Å². The summed E-state index contributed by atoms with van der Waals surface area (Å²) in [5.74, 6) is 0.340. The number of nitrogens with zero attached hydrogens (tertiary/aromatic N) is 3. The molecule has 4 rings (SSSR count). The predicted octanol–water partition coefficient (Wildman–Crippen LogP) is 3.82. The Bertz CT molecular complexity index is 953. The van der Waals surface area contributed by atoms with Crippen LogP contribution in [0.5, 0.6) is 0 Å². The van der Waals surface area contributed by atoms with E-state index in [0.717, 1.165) is 0 Å². The molecule has 2 amide bonds. The molecule has 1 atom stereocenters. The molecule has 1 aromatic heterocycles. The minimum atomic E-state index is -0.429. The highest BCUT2D eigenvalue weighted by Gasteiger charge is 2.32. The lowest BCUT2D eigenvalue weighted by Gasteiger charge is -2.31. The number of cyclic esters (lactones) is 1. The second-order valence-corrected chi connectivity index (χ2v) is 8.08. The zero-order valence-corrected chi connectivity index (χ0v) is 17.3. The number of piperidine rings is 1. The van der Waals surface area contributed by atoms with Crippen molar-refractivity contribution in [2.24, 2.45) is 5.92 Å². The van der Waals surface area contributed by atoms with Crippen LogP contribution >= 0.6 is 11.6 Å². The number of Topliss-reactive ketones (excluding diaryl/α,β-unsaturated/α-hetero) is 1. The molecule has 1 aromatic carbocycles. The average Bonchev–Trinajstić information content (AvgIpc) is 3.11. The summed E-state index contributed by atoms with van der Waals surface area (Å²) in [4.78, 5) is 44.8. The number of likely N-dealkylation sites (tertiary alicyclic amines) is 1. The van der Waals surface area contributed by atoms with E-state index < -0.39 is 6.09 Å². The summed E-state index contributed by atoms with van der Waals surface area (Å²) in [5.41, 5.74) is 1.11. The normalized spacial score (nSPS) is 19.7. The van der Waals surface area contributed by atoms with Crippen LogP contribution in [0.4, 0.5) is 10.6 Å². The van der Waals surface area contributed by atoms with E-state index in [4.69, 9.17) is 16.3 Å². The molecule has 2 fully saturated rings. The Labute approximate surface area is 179 Å². The van der Waals surface area contributed by atoms with Gasteiger partial charge in [-0.05, 0) is 56.2 Å². The maximum absolute atomic E-state index is 12.8. The molecule has 3 heterocycles. The molecule has 0 N–H and O–H groups in total. The summed E-state index contributed by atoms with van der Waals surface area (Å²) < 4.78 is 5.01. The monoisotopic (exact) mass is 427 g/mol. The van der Waals surface area contributed by atoms with Gasteiger partial charge < -0.3 is 9.64 Å². The topological polar surface area (TPSA) is 79.8 Å². The second kappa shape index (κ2) is 8.44. The van der Waals surface area contributed by atoms with Gasteiger partial charge in [-0.2, -0.15) is 0 Å². The Balaban J connectivity index is 1.36. The van der Waals surface area contributed by atoms with Crippen LogP contribution in [0.3, 0.4) is 0 Å². The van der Waals surface area contributed by atoms with Crippen LogP contribution in [0.25, 0.3) is 0 Å². The van der Waals surface area contributed by atoms with Gasteiger partial charge in [0, 0.05) is 35.8 Å². The SMILES string of the molecule is CC1COC(=O)N1c1ccc(C(=O)N2CCC(C(=O)c3ccc(Cl)cc3)CC2)cn1. The van der Waals surface area contributed by atoms with Crippen molar-refractivity contribution in [3.8, 4) is 0 Å². The van der Waals surface area contributed by atoms with E-state index in [1.165, 1.54) is 11.1 Å². The van der Waals surface area contributed by atoms with Crippen LogP contribution in [-0.2, 0) is 4.74 Å². The molecule has 2 aromatic rings. The molecule has 0 bridgehead atoms. The van der Waals surface area contributed by atoms with Crippen molar-refractivity contribution in [2.45, 2.75) is 25.8 Å². The predicted molar refractivity (Wildman–Crippen MR) is 112 cm³/mol. The fourth-order valence-electron chi connectivity index (χ4n) is 3.87. The maximum Gasteiger partial charge on any atom is 0.415 e. The average molecular weight is 428 g/mol. The third kappa shape index (κ3) is 4.03. The van der Waals surface area contributed by atoms with Gasteiger partial charge in [0.15, 0.2) is 5.78 Å². The summed E-state index contributed by atoms with van der Waals surface area (Å²) in [5, 5.41) is 0.600. The van der Waals surface area contributed by atoms with E-state index in [1.54, 1.807) is 41.3 Å². The molecule has 1 unspecified atom stereocenters. The molecule has 0 spiro atoms. The van der Waals surface area contributed by atoms with E-state index in [1.807, 2.05) is 6.92 Å². The molecule has 2 aliphatic rings. The molecule has 0 saturated carbocycles. The number of hydrogen-bond donors (Lipinski definition) is 0. The molecule has 30 heavy (non-hydrogen) atoms. The molecule has 2 aliphatic heterocycles. The van der Waals surface area contributed by atoms with Gasteiger partial charge in [0.05, 0.1) is 11.6 Å². The van der Waals surface area contributed by atoms with Gasteiger partial charge in [0.2, 0.25) is 0 Å². The van der Waals surface area contributed by atoms with E-state index in [2.05, 4.69) is 4.98 Å². The quantitative estimate of drug-likeness (QED) is 0.693.